The lowest BCUT2D eigenvalue weighted by atomic mass is 10.3. The molecule has 1 amide bonds. The third-order valence-corrected chi connectivity index (χ3v) is 5.02. The summed E-state index contributed by atoms with van der Waals surface area (Å²) < 4.78 is 5.65. The van der Waals surface area contributed by atoms with E-state index >= 15 is 0 Å². The summed E-state index contributed by atoms with van der Waals surface area (Å²) in [5, 5.41) is 12.1. The zero-order valence-corrected chi connectivity index (χ0v) is 16.0. The molecule has 28 heavy (non-hydrogen) atoms. The molecule has 0 aliphatic carbocycles. The van der Waals surface area contributed by atoms with Crippen molar-refractivity contribution in [2.75, 3.05) is 77.0 Å². The van der Waals surface area contributed by atoms with E-state index in [0.717, 1.165) is 58.9 Å². The molecule has 10 heteroatoms. The predicted molar refractivity (Wildman–Crippen MR) is 103 cm³/mol. The van der Waals surface area contributed by atoms with Crippen LogP contribution >= 0.6 is 0 Å². The number of aromatic nitrogens is 2. The minimum Gasteiger partial charge on any atom is -0.478 e. The number of rotatable bonds is 8. The lowest BCUT2D eigenvalue weighted by molar-refractivity contribution is -0.132. The fourth-order valence-corrected chi connectivity index (χ4v) is 3.29. The molecule has 1 aromatic rings. The lowest BCUT2D eigenvalue weighted by Gasteiger charge is -2.34. The van der Waals surface area contributed by atoms with Gasteiger partial charge in [-0.25, -0.2) is 14.8 Å². The molecule has 0 unspecified atom stereocenters. The summed E-state index contributed by atoms with van der Waals surface area (Å²) in [6.07, 6.45) is 3.12. The second kappa shape index (κ2) is 10.3. The van der Waals surface area contributed by atoms with Gasteiger partial charge in [-0.1, -0.05) is 0 Å². The van der Waals surface area contributed by atoms with Gasteiger partial charge in [-0.3, -0.25) is 9.69 Å². The summed E-state index contributed by atoms with van der Waals surface area (Å²) in [7, 11) is 0. The first kappa shape index (κ1) is 20.4. The van der Waals surface area contributed by atoms with Crippen molar-refractivity contribution in [3.63, 3.8) is 0 Å². The Hall–Kier alpha value is -2.30. The Balaban J connectivity index is 1.28. The van der Waals surface area contributed by atoms with E-state index in [4.69, 9.17) is 9.84 Å². The first-order chi connectivity index (χ1) is 13.6. The number of amides is 1. The van der Waals surface area contributed by atoms with Crippen LogP contribution in [0.25, 0.3) is 0 Å². The molecule has 2 N–H and O–H groups in total. The predicted octanol–water partition coefficient (Wildman–Crippen LogP) is -0.865. The van der Waals surface area contributed by atoms with Crippen molar-refractivity contribution < 1.29 is 19.4 Å². The Kier molecular flexibility index (Phi) is 7.52. The summed E-state index contributed by atoms with van der Waals surface area (Å²) in [5.41, 5.74) is 0.0926. The van der Waals surface area contributed by atoms with Crippen molar-refractivity contribution in [1.82, 2.24) is 25.1 Å². The van der Waals surface area contributed by atoms with Crippen LogP contribution < -0.4 is 10.2 Å². The number of carbonyl (C=O) groups is 2. The minimum atomic E-state index is -1.02. The maximum absolute atomic E-state index is 12.0. The molecule has 10 nitrogen and oxygen atoms in total. The van der Waals surface area contributed by atoms with E-state index in [1.165, 1.54) is 12.4 Å². The zero-order valence-electron chi connectivity index (χ0n) is 16.0. The smallest absolute Gasteiger partial charge is 0.338 e. The van der Waals surface area contributed by atoms with Crippen LogP contribution in [0.4, 0.5) is 5.95 Å². The SMILES string of the molecule is O=C(O)c1cnc(N2CCN(CCOCCC(=O)N3CCNCC3)CC2)nc1. The molecule has 154 valence electrons. The van der Waals surface area contributed by atoms with Crippen LogP contribution in [0.5, 0.6) is 0 Å². The number of hydrogen-bond donors (Lipinski definition) is 2. The normalized spacial score (nSPS) is 18.3. The molecular weight excluding hydrogens is 364 g/mol. The Morgan fingerprint density at radius 2 is 1.71 bits per heavy atom. The van der Waals surface area contributed by atoms with E-state index in [1.807, 2.05) is 4.90 Å². The van der Waals surface area contributed by atoms with Crippen LogP contribution in [0.1, 0.15) is 16.8 Å². The van der Waals surface area contributed by atoms with E-state index in [-0.39, 0.29) is 11.5 Å². The van der Waals surface area contributed by atoms with E-state index in [0.29, 0.717) is 25.6 Å². The molecule has 0 saturated carbocycles. The highest BCUT2D eigenvalue weighted by Crippen LogP contribution is 2.11. The van der Waals surface area contributed by atoms with Gasteiger partial charge in [0.1, 0.15) is 0 Å². The summed E-state index contributed by atoms with van der Waals surface area (Å²) >= 11 is 0. The highest BCUT2D eigenvalue weighted by Gasteiger charge is 2.19. The van der Waals surface area contributed by atoms with E-state index in [1.54, 1.807) is 0 Å². The molecular formula is C18H28N6O4. The average molecular weight is 392 g/mol. The zero-order chi connectivity index (χ0) is 19.8. The first-order valence-corrected chi connectivity index (χ1v) is 9.72. The largest absolute Gasteiger partial charge is 0.478 e. The summed E-state index contributed by atoms with van der Waals surface area (Å²) in [6, 6.07) is 0. The molecule has 0 atom stereocenters. The van der Waals surface area contributed by atoms with Crippen LogP contribution in [-0.2, 0) is 9.53 Å². The number of carboxylic acids is 1. The van der Waals surface area contributed by atoms with E-state index in [9.17, 15) is 9.59 Å². The third kappa shape index (κ3) is 5.85. The van der Waals surface area contributed by atoms with Gasteiger partial charge in [-0.05, 0) is 0 Å². The summed E-state index contributed by atoms with van der Waals surface area (Å²) in [6.45, 7) is 8.51. The number of nitrogens with zero attached hydrogens (tertiary/aromatic N) is 5. The fraction of sp³-hybridized carbons (Fsp3) is 0.667. The molecule has 0 radical (unpaired) electrons. The van der Waals surface area contributed by atoms with Crippen molar-refractivity contribution in [3.8, 4) is 0 Å². The Labute approximate surface area is 164 Å². The molecule has 3 heterocycles. The molecule has 2 fully saturated rings. The standard InChI is InChI=1S/C18H28N6O4/c25-16(23-4-2-19-3-5-23)1-11-28-12-10-22-6-8-24(9-7-22)18-20-13-15(14-21-18)17(26)27/h13-14,19H,1-12H2,(H,26,27). The first-order valence-electron chi connectivity index (χ1n) is 9.72. The molecule has 1 aromatic heterocycles. The molecule has 0 bridgehead atoms. The topological polar surface area (TPSA) is 111 Å². The van der Waals surface area contributed by atoms with Gasteiger partial charge >= 0.3 is 5.97 Å². The van der Waals surface area contributed by atoms with Crippen molar-refractivity contribution in [2.45, 2.75) is 6.42 Å². The number of nitrogens with one attached hydrogen (secondary N) is 1. The minimum absolute atomic E-state index is 0.0926. The van der Waals surface area contributed by atoms with Gasteiger partial charge in [-0.2, -0.15) is 0 Å². The quantitative estimate of drug-likeness (QED) is 0.546. The Morgan fingerprint density at radius 1 is 1.04 bits per heavy atom. The number of anilines is 1. The number of hydrogen-bond acceptors (Lipinski definition) is 8. The van der Waals surface area contributed by atoms with Gasteiger partial charge in [0.25, 0.3) is 0 Å². The molecule has 3 rings (SSSR count). The maximum Gasteiger partial charge on any atom is 0.338 e. The highest BCUT2D eigenvalue weighted by molar-refractivity contribution is 5.86. The van der Waals surface area contributed by atoms with Crippen LogP contribution in [0.3, 0.4) is 0 Å². The Bertz CT molecular complexity index is 642. The molecule has 2 aliphatic heterocycles. The van der Waals surface area contributed by atoms with Crippen LogP contribution in [0, 0.1) is 0 Å². The maximum atomic E-state index is 12.0. The van der Waals surface area contributed by atoms with E-state index in [2.05, 4.69) is 25.1 Å². The molecule has 0 aromatic carbocycles. The van der Waals surface area contributed by atoms with Crippen molar-refractivity contribution in [3.05, 3.63) is 18.0 Å². The van der Waals surface area contributed by atoms with Crippen LogP contribution in [0.15, 0.2) is 12.4 Å². The van der Waals surface area contributed by atoms with Crippen LogP contribution in [-0.4, -0.2) is 109 Å². The van der Waals surface area contributed by atoms with Crippen molar-refractivity contribution in [2.24, 2.45) is 0 Å². The van der Waals surface area contributed by atoms with Gasteiger partial charge in [-0.15, -0.1) is 0 Å². The van der Waals surface area contributed by atoms with Gasteiger partial charge in [0.2, 0.25) is 11.9 Å². The Morgan fingerprint density at radius 3 is 2.36 bits per heavy atom. The van der Waals surface area contributed by atoms with Crippen LogP contribution in [0.2, 0.25) is 0 Å². The molecule has 2 aliphatic rings. The molecule has 0 spiro atoms. The van der Waals surface area contributed by atoms with Crippen molar-refractivity contribution >= 4 is 17.8 Å². The fourth-order valence-electron chi connectivity index (χ4n) is 3.29. The second-order valence-electron chi connectivity index (χ2n) is 6.90. The summed E-state index contributed by atoms with van der Waals surface area (Å²) in [4.78, 5) is 37.4. The summed E-state index contributed by atoms with van der Waals surface area (Å²) in [5.74, 6) is -0.289. The van der Waals surface area contributed by atoms with Gasteiger partial charge < -0.3 is 25.0 Å². The number of aromatic carboxylic acids is 1. The number of carbonyl (C=O) groups excluding carboxylic acids is 1. The van der Waals surface area contributed by atoms with Crippen molar-refractivity contribution in [1.29, 1.82) is 0 Å². The van der Waals surface area contributed by atoms with Gasteiger partial charge in [0.05, 0.1) is 25.2 Å². The highest BCUT2D eigenvalue weighted by atomic mass is 16.5. The molecule has 2 saturated heterocycles. The average Bonchev–Trinajstić information content (AvgIpc) is 2.74. The second-order valence-corrected chi connectivity index (χ2v) is 6.90. The number of ether oxygens (including phenoxy) is 1. The number of piperazine rings is 2. The number of carboxylic acid groups (broad SMARTS) is 1. The van der Waals surface area contributed by atoms with Gasteiger partial charge in [0, 0.05) is 71.3 Å². The van der Waals surface area contributed by atoms with E-state index < -0.39 is 5.97 Å². The third-order valence-electron chi connectivity index (χ3n) is 5.02. The lowest BCUT2D eigenvalue weighted by Crippen LogP contribution is -2.48. The van der Waals surface area contributed by atoms with Gasteiger partial charge in [0.15, 0.2) is 0 Å². The monoisotopic (exact) mass is 392 g/mol.